The van der Waals surface area contributed by atoms with Crippen LogP contribution in [0.4, 0.5) is 0 Å². The summed E-state index contributed by atoms with van der Waals surface area (Å²) in [6, 6.07) is 0. The Hall–Kier alpha value is -0.570. The molecule has 0 saturated carbocycles. The highest BCUT2D eigenvalue weighted by Gasteiger charge is 2.20. The number of hydrogen-bond acceptors (Lipinski definition) is 3. The van der Waals surface area contributed by atoms with Gasteiger partial charge in [-0.15, -0.1) is 0 Å². The lowest BCUT2D eigenvalue weighted by atomic mass is 10.1. The van der Waals surface area contributed by atoms with Gasteiger partial charge in [0.2, 0.25) is 0 Å². The average Bonchev–Trinajstić information content (AvgIpc) is 3.17. The van der Waals surface area contributed by atoms with Gasteiger partial charge in [0.1, 0.15) is 0 Å². The summed E-state index contributed by atoms with van der Waals surface area (Å²) >= 11 is 0. The average molecular weight is 256 g/mol. The van der Waals surface area contributed by atoms with Gasteiger partial charge in [0.25, 0.3) is 0 Å². The molecule has 0 N–H and O–H groups in total. The Bertz CT molecular complexity index is 212. The summed E-state index contributed by atoms with van der Waals surface area (Å²) in [7, 11) is 0. The van der Waals surface area contributed by atoms with Crippen LogP contribution in [0.1, 0.15) is 71.1 Å². The third kappa shape index (κ3) is 9.46. The fourth-order valence-corrected chi connectivity index (χ4v) is 2.02. The lowest BCUT2D eigenvalue weighted by Crippen LogP contribution is -2.05. The Labute approximate surface area is 111 Å². The minimum absolute atomic E-state index is 0.0166. The van der Waals surface area contributed by atoms with E-state index in [-0.39, 0.29) is 5.97 Å². The molecule has 0 bridgehead atoms. The van der Waals surface area contributed by atoms with Crippen molar-refractivity contribution < 1.29 is 14.3 Å². The second-order valence-corrected chi connectivity index (χ2v) is 5.19. The van der Waals surface area contributed by atoms with Gasteiger partial charge in [0.05, 0.1) is 19.3 Å². The quantitative estimate of drug-likeness (QED) is 0.302. The number of epoxide rings is 1. The highest BCUT2D eigenvalue weighted by Crippen LogP contribution is 2.17. The van der Waals surface area contributed by atoms with Gasteiger partial charge < -0.3 is 9.47 Å². The molecule has 1 heterocycles. The van der Waals surface area contributed by atoms with E-state index < -0.39 is 0 Å². The molecule has 18 heavy (non-hydrogen) atoms. The van der Waals surface area contributed by atoms with Crippen molar-refractivity contribution in [2.24, 2.45) is 0 Å². The molecule has 1 fully saturated rings. The van der Waals surface area contributed by atoms with E-state index in [1.807, 2.05) is 0 Å². The molecule has 106 valence electrons. The number of carbonyl (C=O) groups is 1. The molecule has 1 unspecified atom stereocenters. The van der Waals surface area contributed by atoms with E-state index in [1.54, 1.807) is 0 Å². The molecule has 1 atom stereocenters. The molecule has 0 radical (unpaired) electrons. The molecule has 0 spiro atoms. The van der Waals surface area contributed by atoms with Crippen molar-refractivity contribution >= 4 is 5.97 Å². The van der Waals surface area contributed by atoms with Crippen molar-refractivity contribution in [2.75, 3.05) is 13.2 Å². The van der Waals surface area contributed by atoms with Gasteiger partial charge in [-0.25, -0.2) is 0 Å². The van der Waals surface area contributed by atoms with Crippen molar-refractivity contribution in [3.63, 3.8) is 0 Å². The first-order valence-electron chi connectivity index (χ1n) is 7.60. The van der Waals surface area contributed by atoms with E-state index in [4.69, 9.17) is 9.47 Å². The largest absolute Gasteiger partial charge is 0.466 e. The number of carbonyl (C=O) groups excluding carboxylic acids is 1. The first-order valence-corrected chi connectivity index (χ1v) is 7.60. The summed E-state index contributed by atoms with van der Waals surface area (Å²) in [5.41, 5.74) is 0. The SMILES string of the molecule is CCCCCCOC(=O)CCCCCCC1CO1. The van der Waals surface area contributed by atoms with E-state index in [9.17, 15) is 4.79 Å². The first kappa shape index (κ1) is 15.5. The molecule has 1 rings (SSSR count). The van der Waals surface area contributed by atoms with Crippen LogP contribution in [-0.2, 0) is 14.3 Å². The van der Waals surface area contributed by atoms with Crippen LogP contribution < -0.4 is 0 Å². The summed E-state index contributed by atoms with van der Waals surface area (Å²) in [6.45, 7) is 3.75. The summed E-state index contributed by atoms with van der Waals surface area (Å²) < 4.78 is 10.3. The number of unbranched alkanes of at least 4 members (excludes halogenated alkanes) is 6. The van der Waals surface area contributed by atoms with E-state index in [0.29, 0.717) is 19.1 Å². The van der Waals surface area contributed by atoms with Crippen molar-refractivity contribution in [1.82, 2.24) is 0 Å². The Morgan fingerprint density at radius 2 is 1.83 bits per heavy atom. The van der Waals surface area contributed by atoms with Crippen LogP contribution in [0, 0.1) is 0 Å². The molecule has 0 amide bonds. The molecule has 3 nitrogen and oxygen atoms in total. The third-order valence-electron chi connectivity index (χ3n) is 3.32. The van der Waals surface area contributed by atoms with Crippen molar-refractivity contribution in [3.05, 3.63) is 0 Å². The maximum atomic E-state index is 11.4. The van der Waals surface area contributed by atoms with Gasteiger partial charge in [-0.3, -0.25) is 4.79 Å². The van der Waals surface area contributed by atoms with Crippen molar-refractivity contribution in [3.8, 4) is 0 Å². The molecule has 0 aromatic carbocycles. The Kier molecular flexibility index (Phi) is 8.92. The maximum Gasteiger partial charge on any atom is 0.305 e. The summed E-state index contributed by atoms with van der Waals surface area (Å²) in [6.07, 6.45) is 11.5. The first-order chi connectivity index (χ1) is 8.83. The van der Waals surface area contributed by atoms with Gasteiger partial charge >= 0.3 is 5.97 Å². The predicted molar refractivity (Wildman–Crippen MR) is 72.5 cm³/mol. The van der Waals surface area contributed by atoms with Gasteiger partial charge in [0, 0.05) is 6.42 Å². The van der Waals surface area contributed by atoms with E-state index in [1.165, 1.54) is 38.5 Å². The van der Waals surface area contributed by atoms with E-state index >= 15 is 0 Å². The molecule has 1 aliphatic heterocycles. The number of ether oxygens (including phenoxy) is 2. The summed E-state index contributed by atoms with van der Waals surface area (Å²) in [4.78, 5) is 11.4. The minimum Gasteiger partial charge on any atom is -0.466 e. The summed E-state index contributed by atoms with van der Waals surface area (Å²) in [5, 5.41) is 0. The van der Waals surface area contributed by atoms with Crippen LogP contribution in [0.25, 0.3) is 0 Å². The van der Waals surface area contributed by atoms with Gasteiger partial charge in [-0.1, -0.05) is 45.4 Å². The van der Waals surface area contributed by atoms with E-state index in [2.05, 4.69) is 6.92 Å². The van der Waals surface area contributed by atoms with Crippen molar-refractivity contribution in [1.29, 1.82) is 0 Å². The molecular formula is C15H28O3. The van der Waals surface area contributed by atoms with Crippen LogP contribution in [-0.4, -0.2) is 25.3 Å². The minimum atomic E-state index is -0.0166. The van der Waals surface area contributed by atoms with Crippen LogP contribution in [0.2, 0.25) is 0 Å². The number of esters is 1. The Morgan fingerprint density at radius 3 is 2.56 bits per heavy atom. The normalized spacial score (nSPS) is 17.7. The Balaban J connectivity index is 1.75. The standard InChI is InChI=1S/C15H28O3/c1-2-3-4-9-12-17-15(16)11-8-6-5-7-10-14-13-18-14/h14H,2-13H2,1H3. The predicted octanol–water partition coefficient (Wildman–Crippen LogP) is 3.85. The summed E-state index contributed by atoms with van der Waals surface area (Å²) in [5.74, 6) is -0.0166. The van der Waals surface area contributed by atoms with E-state index in [0.717, 1.165) is 25.9 Å². The van der Waals surface area contributed by atoms with Crippen LogP contribution in [0.5, 0.6) is 0 Å². The van der Waals surface area contributed by atoms with Crippen LogP contribution >= 0.6 is 0 Å². The zero-order chi connectivity index (χ0) is 13.1. The zero-order valence-electron chi connectivity index (χ0n) is 11.8. The second-order valence-electron chi connectivity index (χ2n) is 5.19. The zero-order valence-corrected chi connectivity index (χ0v) is 11.8. The number of hydrogen-bond donors (Lipinski definition) is 0. The van der Waals surface area contributed by atoms with Gasteiger partial charge in [-0.05, 0) is 19.3 Å². The monoisotopic (exact) mass is 256 g/mol. The lowest BCUT2D eigenvalue weighted by molar-refractivity contribution is -0.143. The molecule has 0 aromatic rings. The smallest absolute Gasteiger partial charge is 0.305 e. The lowest BCUT2D eigenvalue weighted by Gasteiger charge is -2.04. The fraction of sp³-hybridized carbons (Fsp3) is 0.933. The fourth-order valence-electron chi connectivity index (χ4n) is 2.02. The van der Waals surface area contributed by atoms with Crippen molar-refractivity contribution in [2.45, 2.75) is 77.2 Å². The number of rotatable bonds is 12. The topological polar surface area (TPSA) is 38.8 Å². The molecule has 1 aliphatic rings. The Morgan fingerprint density at radius 1 is 1.11 bits per heavy atom. The van der Waals surface area contributed by atoms with Gasteiger partial charge in [0.15, 0.2) is 0 Å². The van der Waals surface area contributed by atoms with Gasteiger partial charge in [-0.2, -0.15) is 0 Å². The molecule has 0 aliphatic carbocycles. The molecule has 1 saturated heterocycles. The molecular weight excluding hydrogens is 228 g/mol. The second kappa shape index (κ2) is 10.4. The third-order valence-corrected chi connectivity index (χ3v) is 3.32. The highest BCUT2D eigenvalue weighted by molar-refractivity contribution is 5.69. The molecule has 0 aromatic heterocycles. The highest BCUT2D eigenvalue weighted by atomic mass is 16.6. The van der Waals surface area contributed by atoms with Crippen LogP contribution in [0.3, 0.4) is 0 Å². The molecule has 3 heteroatoms. The van der Waals surface area contributed by atoms with Crippen LogP contribution in [0.15, 0.2) is 0 Å². The maximum absolute atomic E-state index is 11.4.